The number of fused-ring (bicyclic) bond motifs is 1. The fraction of sp³-hybridized carbons (Fsp3) is 0. The van der Waals surface area contributed by atoms with E-state index in [0.717, 1.165) is 11.6 Å². The van der Waals surface area contributed by atoms with E-state index in [1.165, 1.54) is 6.07 Å². The van der Waals surface area contributed by atoms with Gasteiger partial charge in [0.2, 0.25) is 0 Å². The van der Waals surface area contributed by atoms with Gasteiger partial charge in [-0.25, -0.2) is 4.39 Å². The molecule has 0 aliphatic rings. The van der Waals surface area contributed by atoms with Crippen LogP contribution in [0.1, 0.15) is 5.56 Å². The van der Waals surface area contributed by atoms with Crippen molar-refractivity contribution in [2.24, 2.45) is 0 Å². The zero-order chi connectivity index (χ0) is 9.26. The average Bonchev–Trinajstić information content (AvgIpc) is 2.17. The third kappa shape index (κ3) is 1.72. The summed E-state index contributed by atoms with van der Waals surface area (Å²) in [5, 5.41) is 7.82. The molecule has 0 fully saturated rings. The van der Waals surface area contributed by atoms with Gasteiger partial charge >= 0.3 is 0 Å². The molecule has 0 amide bonds. The number of aromatic nitrogens is 1. The Morgan fingerprint density at radius 1 is 1.36 bits per heavy atom. The lowest BCUT2D eigenvalue weighted by Crippen LogP contribution is -1.88. The van der Waals surface area contributed by atoms with Gasteiger partial charge in [0.25, 0.3) is 0 Å². The van der Waals surface area contributed by atoms with E-state index in [-0.39, 0.29) is 12.4 Å². The Bertz CT molecular complexity index is 471. The lowest BCUT2D eigenvalue weighted by Gasteiger charge is -1.99. The van der Waals surface area contributed by atoms with Gasteiger partial charge in [0.1, 0.15) is 5.82 Å². The summed E-state index contributed by atoms with van der Waals surface area (Å²) >= 11 is 0. The van der Waals surface area contributed by atoms with Gasteiger partial charge in [-0.05, 0) is 12.1 Å². The van der Waals surface area contributed by atoms with Crippen LogP contribution in [0.5, 0.6) is 0 Å². The maximum atomic E-state index is 13.1. The molecular formula is C10H8ClFN2. The van der Waals surface area contributed by atoms with Crippen LogP contribution in [0.2, 0.25) is 0 Å². The molecule has 1 aromatic heterocycles. The molecule has 0 aliphatic carbocycles. The Kier molecular flexibility index (Phi) is 3.14. The monoisotopic (exact) mass is 210 g/mol. The zero-order valence-electron chi connectivity index (χ0n) is 7.20. The summed E-state index contributed by atoms with van der Waals surface area (Å²) in [6, 6.07) is 6.59. The molecule has 0 atom stereocenters. The van der Waals surface area contributed by atoms with Gasteiger partial charge in [0.15, 0.2) is 0 Å². The van der Waals surface area contributed by atoms with Crippen molar-refractivity contribution in [3.63, 3.8) is 0 Å². The molecule has 0 aliphatic heterocycles. The van der Waals surface area contributed by atoms with Crippen molar-refractivity contribution in [1.82, 2.24) is 4.98 Å². The Morgan fingerprint density at radius 2 is 2.14 bits per heavy atom. The number of rotatable bonds is 1. The average molecular weight is 211 g/mol. The quantitative estimate of drug-likeness (QED) is 0.722. The van der Waals surface area contributed by atoms with Gasteiger partial charge in [-0.1, -0.05) is 6.07 Å². The van der Waals surface area contributed by atoms with E-state index in [2.05, 4.69) is 4.98 Å². The van der Waals surface area contributed by atoms with Gasteiger partial charge in [0, 0.05) is 29.4 Å². The van der Waals surface area contributed by atoms with E-state index in [9.17, 15) is 4.39 Å². The second-order valence-electron chi connectivity index (χ2n) is 2.71. The number of hydrogen-bond acceptors (Lipinski definition) is 2. The van der Waals surface area contributed by atoms with Gasteiger partial charge in [-0.2, -0.15) is 0 Å². The fourth-order valence-corrected chi connectivity index (χ4v) is 1.22. The third-order valence-electron chi connectivity index (χ3n) is 1.88. The third-order valence-corrected chi connectivity index (χ3v) is 1.88. The van der Waals surface area contributed by atoms with E-state index in [4.69, 9.17) is 5.41 Å². The smallest absolute Gasteiger partial charge is 0.134 e. The summed E-state index contributed by atoms with van der Waals surface area (Å²) in [6.45, 7) is 0. The van der Waals surface area contributed by atoms with Gasteiger partial charge in [-0.15, -0.1) is 12.4 Å². The van der Waals surface area contributed by atoms with E-state index >= 15 is 0 Å². The predicted molar refractivity (Wildman–Crippen MR) is 56.8 cm³/mol. The first-order valence-electron chi connectivity index (χ1n) is 3.86. The Balaban J connectivity index is 0.000000980. The largest absolute Gasteiger partial charge is 0.308 e. The van der Waals surface area contributed by atoms with Crippen LogP contribution in [-0.4, -0.2) is 11.2 Å². The van der Waals surface area contributed by atoms with Crippen LogP contribution in [-0.2, 0) is 0 Å². The summed E-state index contributed by atoms with van der Waals surface area (Å²) in [4.78, 5) is 4.00. The second kappa shape index (κ2) is 4.15. The molecule has 0 radical (unpaired) electrons. The number of nitrogens with one attached hydrogen (secondary N) is 1. The summed E-state index contributed by atoms with van der Waals surface area (Å²) in [5.74, 6) is -0.402. The lowest BCUT2D eigenvalue weighted by molar-refractivity contribution is 0.627. The van der Waals surface area contributed by atoms with E-state index < -0.39 is 5.82 Å². The molecule has 0 unspecified atom stereocenters. The van der Waals surface area contributed by atoms with Crippen LogP contribution in [0.25, 0.3) is 10.9 Å². The standard InChI is InChI=1S/C10H7FN2.ClH/c11-9-5-10-7(2-1-3-13-10)4-8(9)6-12;/h1-6,12H;1H. The second-order valence-corrected chi connectivity index (χ2v) is 2.71. The van der Waals surface area contributed by atoms with Crippen molar-refractivity contribution in [1.29, 1.82) is 5.41 Å². The molecular weight excluding hydrogens is 203 g/mol. The maximum absolute atomic E-state index is 13.1. The maximum Gasteiger partial charge on any atom is 0.134 e. The molecule has 2 nitrogen and oxygen atoms in total. The van der Waals surface area contributed by atoms with E-state index in [0.29, 0.717) is 11.1 Å². The molecule has 2 rings (SSSR count). The highest BCUT2D eigenvalue weighted by Gasteiger charge is 2.01. The van der Waals surface area contributed by atoms with Crippen molar-refractivity contribution in [2.75, 3.05) is 0 Å². The number of nitrogens with zero attached hydrogens (tertiary/aromatic N) is 1. The van der Waals surface area contributed by atoms with Gasteiger partial charge in [0.05, 0.1) is 5.52 Å². The number of benzene rings is 1. The number of halogens is 2. The zero-order valence-corrected chi connectivity index (χ0v) is 8.01. The Labute approximate surface area is 86.7 Å². The first-order valence-corrected chi connectivity index (χ1v) is 3.86. The van der Waals surface area contributed by atoms with E-state index in [1.807, 2.05) is 6.07 Å². The predicted octanol–water partition coefficient (Wildman–Crippen LogP) is 2.79. The highest BCUT2D eigenvalue weighted by atomic mass is 35.5. The van der Waals surface area contributed by atoms with Gasteiger partial charge in [-0.3, -0.25) is 4.98 Å². The molecule has 1 heterocycles. The lowest BCUT2D eigenvalue weighted by atomic mass is 10.1. The van der Waals surface area contributed by atoms with Crippen LogP contribution in [0.4, 0.5) is 4.39 Å². The van der Waals surface area contributed by atoms with Crippen LogP contribution in [0, 0.1) is 11.2 Å². The van der Waals surface area contributed by atoms with Crippen molar-refractivity contribution in [2.45, 2.75) is 0 Å². The highest BCUT2D eigenvalue weighted by molar-refractivity contribution is 5.87. The SMILES string of the molecule is Cl.N=Cc1cc2cccnc2cc1F. The Hall–Kier alpha value is -1.48. The van der Waals surface area contributed by atoms with Crippen molar-refractivity contribution < 1.29 is 4.39 Å². The van der Waals surface area contributed by atoms with Crippen molar-refractivity contribution in [3.05, 3.63) is 41.8 Å². The molecule has 4 heteroatoms. The molecule has 2 aromatic rings. The highest BCUT2D eigenvalue weighted by Crippen LogP contribution is 2.15. The van der Waals surface area contributed by atoms with Crippen LogP contribution < -0.4 is 0 Å². The molecule has 0 bridgehead atoms. The molecule has 14 heavy (non-hydrogen) atoms. The summed E-state index contributed by atoms with van der Waals surface area (Å²) in [6.07, 6.45) is 2.62. The minimum absolute atomic E-state index is 0. The fourth-order valence-electron chi connectivity index (χ4n) is 1.22. The normalized spacial score (nSPS) is 9.50. The summed E-state index contributed by atoms with van der Waals surface area (Å²) in [5.41, 5.74) is 0.908. The number of pyridine rings is 1. The topological polar surface area (TPSA) is 36.7 Å². The minimum Gasteiger partial charge on any atom is -0.308 e. The summed E-state index contributed by atoms with van der Waals surface area (Å²) < 4.78 is 13.1. The molecule has 0 saturated heterocycles. The van der Waals surface area contributed by atoms with Crippen LogP contribution in [0.15, 0.2) is 30.5 Å². The molecule has 1 aromatic carbocycles. The van der Waals surface area contributed by atoms with E-state index in [1.54, 1.807) is 18.3 Å². The van der Waals surface area contributed by atoms with Crippen molar-refractivity contribution in [3.8, 4) is 0 Å². The molecule has 0 saturated carbocycles. The van der Waals surface area contributed by atoms with Crippen molar-refractivity contribution >= 4 is 29.5 Å². The molecule has 1 N–H and O–H groups in total. The van der Waals surface area contributed by atoms with Crippen LogP contribution >= 0.6 is 12.4 Å². The molecule has 0 spiro atoms. The first kappa shape index (κ1) is 10.6. The first-order chi connectivity index (χ1) is 6.31. The van der Waals surface area contributed by atoms with Crippen LogP contribution in [0.3, 0.4) is 0 Å². The number of hydrogen-bond donors (Lipinski definition) is 1. The Morgan fingerprint density at radius 3 is 2.86 bits per heavy atom. The van der Waals surface area contributed by atoms with Gasteiger partial charge < -0.3 is 5.41 Å². The molecule has 72 valence electrons. The summed E-state index contributed by atoms with van der Waals surface area (Å²) in [7, 11) is 0. The minimum atomic E-state index is -0.402.